The molecule has 0 amide bonds. The predicted octanol–water partition coefficient (Wildman–Crippen LogP) is 0.317. The lowest BCUT2D eigenvalue weighted by atomic mass is 10.1. The SMILES string of the molecule is C=C=CC(O)C(C)CO. The Morgan fingerprint density at radius 2 is 2.33 bits per heavy atom. The molecule has 2 heteroatoms. The first-order valence-electron chi connectivity index (χ1n) is 2.87. The highest BCUT2D eigenvalue weighted by Gasteiger charge is 2.07. The van der Waals surface area contributed by atoms with Crippen LogP contribution in [0.1, 0.15) is 6.92 Å². The van der Waals surface area contributed by atoms with Crippen molar-refractivity contribution in [2.75, 3.05) is 6.61 Å². The molecule has 0 rings (SSSR count). The molecule has 52 valence electrons. The Morgan fingerprint density at radius 3 is 2.67 bits per heavy atom. The van der Waals surface area contributed by atoms with Crippen LogP contribution in [0, 0.1) is 5.92 Å². The zero-order chi connectivity index (χ0) is 7.28. The summed E-state index contributed by atoms with van der Waals surface area (Å²) in [5, 5.41) is 17.5. The van der Waals surface area contributed by atoms with Crippen molar-refractivity contribution in [1.29, 1.82) is 0 Å². The van der Waals surface area contributed by atoms with Crippen LogP contribution in [0.25, 0.3) is 0 Å². The summed E-state index contributed by atoms with van der Waals surface area (Å²) in [6, 6.07) is 0. The van der Waals surface area contributed by atoms with Crippen LogP contribution in [-0.4, -0.2) is 22.9 Å². The second-order valence-electron chi connectivity index (χ2n) is 2.02. The van der Waals surface area contributed by atoms with Gasteiger partial charge in [0.25, 0.3) is 0 Å². The smallest absolute Gasteiger partial charge is 0.0841 e. The minimum Gasteiger partial charge on any atom is -0.396 e. The summed E-state index contributed by atoms with van der Waals surface area (Å²) in [6.07, 6.45) is 0.813. The average Bonchev–Trinajstić information content (AvgIpc) is 1.87. The van der Waals surface area contributed by atoms with Gasteiger partial charge >= 0.3 is 0 Å². The highest BCUT2D eigenvalue weighted by atomic mass is 16.3. The van der Waals surface area contributed by atoms with Crippen molar-refractivity contribution in [3.63, 3.8) is 0 Å². The molecule has 2 unspecified atom stereocenters. The Labute approximate surface area is 55.1 Å². The van der Waals surface area contributed by atoms with Crippen molar-refractivity contribution in [2.24, 2.45) is 5.92 Å². The monoisotopic (exact) mass is 128 g/mol. The van der Waals surface area contributed by atoms with Crippen molar-refractivity contribution in [3.05, 3.63) is 18.4 Å². The maximum atomic E-state index is 9.00. The van der Waals surface area contributed by atoms with Gasteiger partial charge in [-0.25, -0.2) is 0 Å². The van der Waals surface area contributed by atoms with E-state index in [0.717, 1.165) is 0 Å². The van der Waals surface area contributed by atoms with Crippen LogP contribution in [0.2, 0.25) is 0 Å². The third-order valence-corrected chi connectivity index (χ3v) is 1.16. The molecule has 0 saturated carbocycles. The maximum Gasteiger partial charge on any atom is 0.0841 e. The lowest BCUT2D eigenvalue weighted by molar-refractivity contribution is 0.112. The Morgan fingerprint density at radius 1 is 1.78 bits per heavy atom. The molecule has 0 aromatic carbocycles. The van der Waals surface area contributed by atoms with Gasteiger partial charge in [-0.3, -0.25) is 0 Å². The molecule has 2 N–H and O–H groups in total. The van der Waals surface area contributed by atoms with Gasteiger partial charge in [0, 0.05) is 12.5 Å². The third kappa shape index (κ3) is 3.09. The van der Waals surface area contributed by atoms with Crippen LogP contribution < -0.4 is 0 Å². The zero-order valence-corrected chi connectivity index (χ0v) is 5.54. The molecule has 0 heterocycles. The molecule has 2 nitrogen and oxygen atoms in total. The van der Waals surface area contributed by atoms with Gasteiger partial charge < -0.3 is 10.2 Å². The van der Waals surface area contributed by atoms with Crippen LogP contribution in [0.4, 0.5) is 0 Å². The van der Waals surface area contributed by atoms with Gasteiger partial charge in [0.15, 0.2) is 0 Å². The zero-order valence-electron chi connectivity index (χ0n) is 5.54. The highest BCUT2D eigenvalue weighted by Crippen LogP contribution is 2.00. The quantitative estimate of drug-likeness (QED) is 0.537. The van der Waals surface area contributed by atoms with Gasteiger partial charge in [-0.15, -0.1) is 5.73 Å². The van der Waals surface area contributed by atoms with Crippen LogP contribution >= 0.6 is 0 Å². The Hall–Kier alpha value is -0.560. The Balaban J connectivity index is 3.71. The van der Waals surface area contributed by atoms with Crippen LogP contribution in [0.3, 0.4) is 0 Å². The summed E-state index contributed by atoms with van der Waals surface area (Å²) in [5.41, 5.74) is 2.45. The molecule has 9 heavy (non-hydrogen) atoms. The summed E-state index contributed by atoms with van der Waals surface area (Å²) >= 11 is 0. The molecule has 0 aliphatic rings. The molecule has 0 aliphatic carbocycles. The molecule has 0 aromatic rings. The molecule has 0 bridgehead atoms. The number of aliphatic hydroxyl groups excluding tert-OH is 2. The van der Waals surface area contributed by atoms with Crippen molar-refractivity contribution in [3.8, 4) is 0 Å². The fourth-order valence-electron chi connectivity index (χ4n) is 0.393. The van der Waals surface area contributed by atoms with E-state index in [2.05, 4.69) is 12.3 Å². The minimum absolute atomic E-state index is 0.0145. The Kier molecular flexibility index (Phi) is 4.06. The molecule has 0 aliphatic heterocycles. The summed E-state index contributed by atoms with van der Waals surface area (Å²) in [4.78, 5) is 0. The normalized spacial score (nSPS) is 15.9. The first-order valence-corrected chi connectivity index (χ1v) is 2.87. The number of hydrogen-bond donors (Lipinski definition) is 2. The van der Waals surface area contributed by atoms with Gasteiger partial charge in [-0.2, -0.15) is 0 Å². The molecule has 2 atom stereocenters. The molecule has 0 spiro atoms. The van der Waals surface area contributed by atoms with E-state index in [0.29, 0.717) is 0 Å². The molecular weight excluding hydrogens is 116 g/mol. The molecule has 0 fully saturated rings. The fourth-order valence-corrected chi connectivity index (χ4v) is 0.393. The van der Waals surface area contributed by atoms with Gasteiger partial charge in [0.05, 0.1) is 6.10 Å². The standard InChI is InChI=1S/C7H12O2/c1-3-4-7(9)6(2)5-8/h4,6-9H,1,5H2,2H3. The minimum atomic E-state index is -0.618. The van der Waals surface area contributed by atoms with Gasteiger partial charge in [0.1, 0.15) is 0 Å². The van der Waals surface area contributed by atoms with E-state index in [-0.39, 0.29) is 12.5 Å². The van der Waals surface area contributed by atoms with E-state index >= 15 is 0 Å². The van der Waals surface area contributed by atoms with E-state index < -0.39 is 6.10 Å². The van der Waals surface area contributed by atoms with Crippen molar-refractivity contribution >= 4 is 0 Å². The summed E-state index contributed by atoms with van der Waals surface area (Å²) in [6.45, 7) is 5.03. The fraction of sp³-hybridized carbons (Fsp3) is 0.571. The van der Waals surface area contributed by atoms with Crippen molar-refractivity contribution < 1.29 is 10.2 Å². The lowest BCUT2D eigenvalue weighted by Crippen LogP contribution is -2.17. The van der Waals surface area contributed by atoms with E-state index in [1.54, 1.807) is 6.92 Å². The topological polar surface area (TPSA) is 40.5 Å². The lowest BCUT2D eigenvalue weighted by Gasteiger charge is -2.09. The van der Waals surface area contributed by atoms with Gasteiger partial charge in [-0.05, 0) is 6.08 Å². The first-order chi connectivity index (χ1) is 4.22. The van der Waals surface area contributed by atoms with Crippen molar-refractivity contribution in [1.82, 2.24) is 0 Å². The van der Waals surface area contributed by atoms with Crippen LogP contribution in [-0.2, 0) is 0 Å². The van der Waals surface area contributed by atoms with Crippen LogP contribution in [0.15, 0.2) is 18.4 Å². The number of hydrogen-bond acceptors (Lipinski definition) is 2. The molecular formula is C7H12O2. The molecule has 0 saturated heterocycles. The average molecular weight is 128 g/mol. The van der Waals surface area contributed by atoms with Crippen LogP contribution in [0.5, 0.6) is 0 Å². The van der Waals surface area contributed by atoms with E-state index in [1.165, 1.54) is 6.08 Å². The molecule has 0 aromatic heterocycles. The van der Waals surface area contributed by atoms with E-state index in [4.69, 9.17) is 10.2 Å². The third-order valence-electron chi connectivity index (χ3n) is 1.16. The maximum absolute atomic E-state index is 9.00. The number of aliphatic hydroxyl groups is 2. The summed E-state index contributed by atoms with van der Waals surface area (Å²) in [7, 11) is 0. The predicted molar refractivity (Wildman–Crippen MR) is 36.0 cm³/mol. The Bertz CT molecular complexity index is 114. The van der Waals surface area contributed by atoms with Gasteiger partial charge in [0.2, 0.25) is 0 Å². The second kappa shape index (κ2) is 4.33. The van der Waals surface area contributed by atoms with E-state index in [1.807, 2.05) is 0 Å². The molecule has 0 radical (unpaired) electrons. The van der Waals surface area contributed by atoms with E-state index in [9.17, 15) is 0 Å². The first kappa shape index (κ1) is 8.44. The summed E-state index contributed by atoms with van der Waals surface area (Å²) < 4.78 is 0. The number of rotatable bonds is 3. The second-order valence-corrected chi connectivity index (χ2v) is 2.02. The largest absolute Gasteiger partial charge is 0.396 e. The van der Waals surface area contributed by atoms with Gasteiger partial charge in [-0.1, -0.05) is 13.5 Å². The summed E-state index contributed by atoms with van der Waals surface area (Å²) in [5.74, 6) is -0.126. The highest BCUT2D eigenvalue weighted by molar-refractivity contribution is 4.86. The van der Waals surface area contributed by atoms with Crippen molar-refractivity contribution in [2.45, 2.75) is 13.0 Å².